The Kier molecular flexibility index (Phi) is 9.04. The highest BCUT2D eigenvalue weighted by Gasteiger charge is 2.64. The van der Waals surface area contributed by atoms with Crippen molar-refractivity contribution in [2.24, 2.45) is 16.7 Å². The zero-order valence-corrected chi connectivity index (χ0v) is 21.0. The lowest BCUT2D eigenvalue weighted by atomic mass is 9.60. The molecule has 3 fully saturated rings. The molecule has 0 saturated carbocycles. The summed E-state index contributed by atoms with van der Waals surface area (Å²) in [5.74, 6) is -2.18. The lowest BCUT2D eigenvalue weighted by molar-refractivity contribution is -0.192. The predicted molar refractivity (Wildman–Crippen MR) is 119 cm³/mol. The van der Waals surface area contributed by atoms with E-state index in [0.717, 1.165) is 45.4 Å². The molecule has 34 heavy (non-hydrogen) atoms. The number of amides is 1. The van der Waals surface area contributed by atoms with Gasteiger partial charge in [-0.15, -0.1) is 0 Å². The molecule has 3 aliphatic rings. The van der Waals surface area contributed by atoms with E-state index in [0.29, 0.717) is 19.7 Å². The minimum absolute atomic E-state index is 0.119. The Balaban J connectivity index is 0.000000509. The van der Waals surface area contributed by atoms with Gasteiger partial charge in [0.05, 0.1) is 17.8 Å². The molecule has 3 saturated heterocycles. The number of alkyl halides is 3. The number of ether oxygens (including phenoxy) is 1. The number of carboxylic acids is 1. The van der Waals surface area contributed by atoms with Gasteiger partial charge in [0.25, 0.3) is 0 Å². The molecule has 0 aromatic rings. The lowest BCUT2D eigenvalue weighted by Crippen LogP contribution is -2.53. The fourth-order valence-corrected chi connectivity index (χ4v) is 7.28. The molecule has 0 radical (unpaired) electrons. The third kappa shape index (κ3) is 6.03. The first-order valence-corrected chi connectivity index (χ1v) is 13.0. The van der Waals surface area contributed by atoms with E-state index in [2.05, 4.69) is 4.90 Å². The normalized spacial score (nSPS) is 25.9. The van der Waals surface area contributed by atoms with E-state index in [1.165, 1.54) is 0 Å². The first kappa shape index (κ1) is 28.8. The van der Waals surface area contributed by atoms with E-state index in [-0.39, 0.29) is 28.4 Å². The highest BCUT2D eigenvalue weighted by molar-refractivity contribution is 7.89. The molecule has 198 valence electrons. The van der Waals surface area contributed by atoms with Gasteiger partial charge in [0.1, 0.15) is 0 Å². The van der Waals surface area contributed by atoms with Crippen LogP contribution in [0.2, 0.25) is 0 Å². The minimum atomic E-state index is -5.08. The third-order valence-electron chi connectivity index (χ3n) is 7.14. The summed E-state index contributed by atoms with van der Waals surface area (Å²) in [6, 6.07) is 0. The number of hydrogen-bond acceptors (Lipinski definition) is 6. The van der Waals surface area contributed by atoms with Crippen molar-refractivity contribution < 1.29 is 41.0 Å². The van der Waals surface area contributed by atoms with Gasteiger partial charge in [-0.1, -0.05) is 13.8 Å². The molecule has 0 aliphatic carbocycles. The quantitative estimate of drug-likeness (QED) is 0.571. The summed E-state index contributed by atoms with van der Waals surface area (Å²) in [5.41, 5.74) is -0.476. The second-order valence-corrected chi connectivity index (χ2v) is 11.9. The van der Waals surface area contributed by atoms with Crippen molar-refractivity contribution in [2.75, 3.05) is 65.8 Å². The number of carboxylic acid groups (broad SMARTS) is 1. The van der Waals surface area contributed by atoms with Gasteiger partial charge in [0.15, 0.2) is 0 Å². The Bertz CT molecular complexity index is 843. The summed E-state index contributed by atoms with van der Waals surface area (Å²) < 4.78 is 64.0. The third-order valence-corrected chi connectivity index (χ3v) is 9.38. The Morgan fingerprint density at radius 1 is 1.15 bits per heavy atom. The number of aliphatic carboxylic acids is 1. The number of carbonyl (C=O) groups excluding carboxylic acids is 1. The smallest absolute Gasteiger partial charge is 0.475 e. The van der Waals surface area contributed by atoms with Crippen LogP contribution in [0.25, 0.3) is 0 Å². The maximum absolute atomic E-state index is 13.2. The SMILES string of the molecule is COCCN1CC2(CCN(S(=O)(=O)CC(C)C)CC2)C2(CCN(C)C2=O)C1.O=C(O)C(F)(F)F. The Hall–Kier alpha value is -1.44. The number of nitrogens with zero attached hydrogens (tertiary/aromatic N) is 3. The topological polar surface area (TPSA) is 107 Å². The average Bonchev–Trinajstić information content (AvgIpc) is 3.18. The lowest BCUT2D eigenvalue weighted by Gasteiger charge is -2.46. The number of rotatable bonds is 6. The summed E-state index contributed by atoms with van der Waals surface area (Å²) >= 11 is 0. The van der Waals surface area contributed by atoms with Crippen molar-refractivity contribution in [1.29, 1.82) is 0 Å². The van der Waals surface area contributed by atoms with Gasteiger partial charge in [0.2, 0.25) is 15.9 Å². The molecule has 0 aromatic heterocycles. The van der Waals surface area contributed by atoms with Crippen LogP contribution < -0.4 is 0 Å². The van der Waals surface area contributed by atoms with Crippen molar-refractivity contribution in [2.45, 2.75) is 39.3 Å². The van der Waals surface area contributed by atoms with Crippen LogP contribution in [0.4, 0.5) is 13.2 Å². The molecule has 1 unspecified atom stereocenters. The summed E-state index contributed by atoms with van der Waals surface area (Å²) in [5, 5.41) is 7.12. The van der Waals surface area contributed by atoms with Gasteiger partial charge < -0.3 is 14.7 Å². The monoisotopic (exact) mass is 515 g/mol. The summed E-state index contributed by atoms with van der Waals surface area (Å²) in [7, 11) is 0.385. The van der Waals surface area contributed by atoms with Crippen molar-refractivity contribution in [1.82, 2.24) is 14.1 Å². The standard InChI is InChI=1S/C19H35N3O4S.C2HF3O2/c1-16(2)13-27(24,25)22-9-5-18(6-10-22)14-21(11-12-26-4)15-19(18)7-8-20(3)17(19)23;3-2(4,5)1(6)7/h16H,5-15H2,1-4H3;(H,6,7). The van der Waals surface area contributed by atoms with Crippen LogP contribution >= 0.6 is 0 Å². The van der Waals surface area contributed by atoms with E-state index in [9.17, 15) is 26.4 Å². The molecule has 9 nitrogen and oxygen atoms in total. The minimum Gasteiger partial charge on any atom is -0.475 e. The van der Waals surface area contributed by atoms with Crippen molar-refractivity contribution in [3.63, 3.8) is 0 Å². The van der Waals surface area contributed by atoms with Gasteiger partial charge in [-0.05, 0) is 25.2 Å². The molecule has 3 heterocycles. The van der Waals surface area contributed by atoms with Crippen molar-refractivity contribution in [3.8, 4) is 0 Å². The number of likely N-dealkylation sites (tertiary alicyclic amines) is 2. The number of halogens is 3. The maximum Gasteiger partial charge on any atom is 0.490 e. The summed E-state index contributed by atoms with van der Waals surface area (Å²) in [6.45, 7) is 8.88. The van der Waals surface area contributed by atoms with Crippen LogP contribution in [0.3, 0.4) is 0 Å². The van der Waals surface area contributed by atoms with Crippen LogP contribution in [0.1, 0.15) is 33.1 Å². The molecule has 3 aliphatic heterocycles. The molecule has 1 N–H and O–H groups in total. The Morgan fingerprint density at radius 2 is 1.71 bits per heavy atom. The van der Waals surface area contributed by atoms with Crippen LogP contribution in [0.5, 0.6) is 0 Å². The van der Waals surface area contributed by atoms with E-state index < -0.39 is 22.2 Å². The highest BCUT2D eigenvalue weighted by atomic mass is 32.2. The second-order valence-electron chi connectivity index (χ2n) is 9.92. The van der Waals surface area contributed by atoms with E-state index in [1.54, 1.807) is 11.4 Å². The van der Waals surface area contributed by atoms with Gasteiger partial charge in [0, 0.05) is 58.8 Å². The van der Waals surface area contributed by atoms with Gasteiger partial charge in [-0.2, -0.15) is 13.2 Å². The van der Waals surface area contributed by atoms with Gasteiger partial charge in [-0.25, -0.2) is 17.5 Å². The zero-order chi connectivity index (χ0) is 25.9. The number of carbonyl (C=O) groups is 2. The van der Waals surface area contributed by atoms with E-state index in [4.69, 9.17) is 14.6 Å². The summed E-state index contributed by atoms with van der Waals surface area (Å²) in [4.78, 5) is 26.3. The predicted octanol–water partition coefficient (Wildman–Crippen LogP) is 1.50. The maximum atomic E-state index is 13.2. The fourth-order valence-electron chi connectivity index (χ4n) is 5.49. The second kappa shape index (κ2) is 10.7. The first-order valence-electron chi connectivity index (χ1n) is 11.3. The Morgan fingerprint density at radius 3 is 2.12 bits per heavy atom. The number of sulfonamides is 1. The molecular formula is C21H36F3N3O6S. The number of piperidine rings is 1. The van der Waals surface area contributed by atoms with Crippen LogP contribution in [0.15, 0.2) is 0 Å². The average molecular weight is 516 g/mol. The molecule has 1 amide bonds. The highest BCUT2D eigenvalue weighted by Crippen LogP contribution is 2.57. The molecule has 2 spiro atoms. The van der Waals surface area contributed by atoms with Crippen molar-refractivity contribution >= 4 is 21.9 Å². The first-order chi connectivity index (χ1) is 15.6. The van der Waals surface area contributed by atoms with Crippen LogP contribution in [-0.2, 0) is 24.3 Å². The van der Waals surface area contributed by atoms with Crippen LogP contribution in [-0.4, -0.2) is 111 Å². The number of fused-ring (bicyclic) bond motifs is 1. The summed E-state index contributed by atoms with van der Waals surface area (Å²) in [6.07, 6.45) is -2.66. The van der Waals surface area contributed by atoms with Gasteiger partial charge >= 0.3 is 12.1 Å². The fraction of sp³-hybridized carbons (Fsp3) is 0.905. The molecule has 0 bridgehead atoms. The molecule has 0 aromatic carbocycles. The molecular weight excluding hydrogens is 479 g/mol. The van der Waals surface area contributed by atoms with Crippen LogP contribution in [0, 0.1) is 16.7 Å². The molecule has 13 heteroatoms. The van der Waals surface area contributed by atoms with Gasteiger partial charge in [-0.3, -0.25) is 9.69 Å². The largest absolute Gasteiger partial charge is 0.490 e. The van der Waals surface area contributed by atoms with E-state index in [1.807, 2.05) is 25.8 Å². The number of hydrogen-bond donors (Lipinski definition) is 1. The molecule has 3 rings (SSSR count). The number of methoxy groups -OCH3 is 1. The zero-order valence-electron chi connectivity index (χ0n) is 20.2. The van der Waals surface area contributed by atoms with Crippen molar-refractivity contribution in [3.05, 3.63) is 0 Å². The molecule has 1 atom stereocenters. The van der Waals surface area contributed by atoms with E-state index >= 15 is 0 Å². The Labute approximate surface area is 199 Å².